The number of carboxylic acid groups (broad SMARTS) is 1. The van der Waals surface area contributed by atoms with Gasteiger partial charge in [-0.2, -0.15) is 0 Å². The highest BCUT2D eigenvalue weighted by molar-refractivity contribution is 5.57. The summed E-state index contributed by atoms with van der Waals surface area (Å²) in [4.78, 5) is 13.4. The van der Waals surface area contributed by atoms with E-state index in [0.29, 0.717) is 0 Å². The van der Waals surface area contributed by atoms with Crippen LogP contribution < -0.4 is 0 Å². The number of carbonyl (C=O) groups is 1. The number of ether oxygens (including phenoxy) is 1. The van der Waals surface area contributed by atoms with Crippen LogP contribution in [0, 0.1) is 0 Å². The molecule has 0 saturated carbocycles. The summed E-state index contributed by atoms with van der Waals surface area (Å²) < 4.78 is 5.21. The zero-order valence-electron chi connectivity index (χ0n) is 30.9. The van der Waals surface area contributed by atoms with Gasteiger partial charge >= 0.3 is 6.16 Å². The Bertz CT molecular complexity index is 739. The SMILES string of the molecule is CCCCC/C=C\C/C=C\CCCCCCCCC(CCCCCCCC/C=C\C/C=C\CCCCCCCN(C)C)OC(=O)O. The molecule has 0 aliphatic carbocycles. The van der Waals surface area contributed by atoms with Crippen LogP contribution in [0.4, 0.5) is 4.79 Å². The van der Waals surface area contributed by atoms with E-state index in [4.69, 9.17) is 9.84 Å². The molecule has 0 saturated heterocycles. The molecule has 0 radical (unpaired) electrons. The molecule has 0 amide bonds. The van der Waals surface area contributed by atoms with Crippen molar-refractivity contribution in [2.45, 2.75) is 193 Å². The van der Waals surface area contributed by atoms with Crippen molar-refractivity contribution in [2.24, 2.45) is 0 Å². The van der Waals surface area contributed by atoms with Gasteiger partial charge in [0.15, 0.2) is 0 Å². The molecule has 268 valence electrons. The zero-order valence-corrected chi connectivity index (χ0v) is 30.9. The molecule has 1 unspecified atom stereocenters. The lowest BCUT2D eigenvalue weighted by Gasteiger charge is -2.15. The van der Waals surface area contributed by atoms with Gasteiger partial charge in [-0.15, -0.1) is 0 Å². The standard InChI is InChI=1S/C42H77NO3/c1-4-5-6-7-8-9-10-11-12-17-20-23-26-29-32-35-38-41(46-42(44)45)39-36-33-30-27-24-21-18-15-13-14-16-19-22-25-28-31-34-37-40-43(2)3/h8-9,11-13,15-16,19,41H,4-7,10,14,17-18,20-40H2,1-3H3,(H,44,45)/b9-8-,12-11-,15-13-,19-16-. The molecule has 46 heavy (non-hydrogen) atoms. The van der Waals surface area contributed by atoms with Gasteiger partial charge in [-0.3, -0.25) is 0 Å². The number of nitrogens with zero attached hydrogens (tertiary/aromatic N) is 1. The van der Waals surface area contributed by atoms with Crippen molar-refractivity contribution in [3.8, 4) is 0 Å². The highest BCUT2D eigenvalue weighted by Crippen LogP contribution is 2.17. The smallest absolute Gasteiger partial charge is 0.450 e. The summed E-state index contributed by atoms with van der Waals surface area (Å²) in [6.07, 6.45) is 51.4. The van der Waals surface area contributed by atoms with Crippen LogP contribution in [-0.4, -0.2) is 42.9 Å². The Morgan fingerprint density at radius 1 is 0.522 bits per heavy atom. The minimum absolute atomic E-state index is 0.124. The summed E-state index contributed by atoms with van der Waals surface area (Å²) in [5.41, 5.74) is 0. The van der Waals surface area contributed by atoms with Gasteiger partial charge in [0, 0.05) is 0 Å². The molecule has 0 aromatic rings. The molecule has 4 heteroatoms. The molecule has 0 aromatic carbocycles. The van der Waals surface area contributed by atoms with Crippen LogP contribution in [0.3, 0.4) is 0 Å². The van der Waals surface area contributed by atoms with Gasteiger partial charge in [0.2, 0.25) is 0 Å². The van der Waals surface area contributed by atoms with Gasteiger partial charge in [0.1, 0.15) is 6.10 Å². The van der Waals surface area contributed by atoms with E-state index in [1.165, 1.54) is 148 Å². The van der Waals surface area contributed by atoms with E-state index < -0.39 is 6.16 Å². The summed E-state index contributed by atoms with van der Waals surface area (Å²) in [7, 11) is 4.31. The Kier molecular flexibility index (Phi) is 36.2. The van der Waals surface area contributed by atoms with E-state index in [2.05, 4.69) is 74.5 Å². The predicted octanol–water partition coefficient (Wildman–Crippen LogP) is 13.8. The van der Waals surface area contributed by atoms with Crippen molar-refractivity contribution in [3.05, 3.63) is 48.6 Å². The molecule has 0 aliphatic heterocycles. The lowest BCUT2D eigenvalue weighted by Crippen LogP contribution is -2.16. The molecule has 1 N–H and O–H groups in total. The first kappa shape index (κ1) is 44.2. The molecule has 0 fully saturated rings. The average molecular weight is 644 g/mol. The van der Waals surface area contributed by atoms with E-state index >= 15 is 0 Å². The van der Waals surface area contributed by atoms with Crippen molar-refractivity contribution >= 4 is 6.16 Å². The van der Waals surface area contributed by atoms with Crippen LogP contribution in [0.5, 0.6) is 0 Å². The van der Waals surface area contributed by atoms with Crippen molar-refractivity contribution < 1.29 is 14.6 Å². The monoisotopic (exact) mass is 644 g/mol. The van der Waals surface area contributed by atoms with Gasteiger partial charge in [-0.05, 0) is 117 Å². The second kappa shape index (κ2) is 37.6. The number of rotatable bonds is 35. The third-order valence-electron chi connectivity index (χ3n) is 8.72. The van der Waals surface area contributed by atoms with Crippen LogP contribution in [0.15, 0.2) is 48.6 Å². The Labute approximate surface area is 287 Å². The summed E-state index contributed by atoms with van der Waals surface area (Å²) >= 11 is 0. The second-order valence-corrected chi connectivity index (χ2v) is 13.6. The van der Waals surface area contributed by atoms with Gasteiger partial charge in [-0.1, -0.05) is 139 Å². The first-order valence-corrected chi connectivity index (χ1v) is 19.7. The minimum atomic E-state index is -1.12. The molecular formula is C42H77NO3. The lowest BCUT2D eigenvalue weighted by molar-refractivity contribution is 0.0422. The Hall–Kier alpha value is -1.81. The molecule has 0 bridgehead atoms. The topological polar surface area (TPSA) is 49.8 Å². The first-order valence-electron chi connectivity index (χ1n) is 19.7. The Balaban J connectivity index is 3.60. The largest absolute Gasteiger partial charge is 0.506 e. The van der Waals surface area contributed by atoms with Crippen molar-refractivity contribution in [1.29, 1.82) is 0 Å². The predicted molar refractivity (Wildman–Crippen MR) is 203 cm³/mol. The molecule has 1 atom stereocenters. The molecule has 0 heterocycles. The highest BCUT2D eigenvalue weighted by Gasteiger charge is 2.13. The van der Waals surface area contributed by atoms with Gasteiger partial charge in [0.25, 0.3) is 0 Å². The fourth-order valence-corrected chi connectivity index (χ4v) is 5.83. The van der Waals surface area contributed by atoms with Crippen molar-refractivity contribution in [3.63, 3.8) is 0 Å². The van der Waals surface area contributed by atoms with Crippen molar-refractivity contribution in [1.82, 2.24) is 4.90 Å². The van der Waals surface area contributed by atoms with E-state index in [0.717, 1.165) is 38.5 Å². The molecule has 0 aromatic heterocycles. The summed E-state index contributed by atoms with van der Waals surface area (Å²) in [6, 6.07) is 0. The normalized spacial score (nSPS) is 13.0. The first-order chi connectivity index (χ1) is 22.6. The molecular weight excluding hydrogens is 566 g/mol. The number of allylic oxidation sites excluding steroid dienone is 8. The zero-order chi connectivity index (χ0) is 33.6. The van der Waals surface area contributed by atoms with Crippen LogP contribution in [0.25, 0.3) is 0 Å². The maximum Gasteiger partial charge on any atom is 0.506 e. The number of unbranched alkanes of at least 4 members (excludes halogenated alkanes) is 20. The maximum absolute atomic E-state index is 11.2. The third-order valence-corrected chi connectivity index (χ3v) is 8.72. The fourth-order valence-electron chi connectivity index (χ4n) is 5.83. The third kappa shape index (κ3) is 38.4. The lowest BCUT2D eigenvalue weighted by atomic mass is 10.0. The van der Waals surface area contributed by atoms with E-state index in [1.807, 2.05) is 0 Å². The second-order valence-electron chi connectivity index (χ2n) is 13.6. The van der Waals surface area contributed by atoms with Crippen LogP contribution in [0.1, 0.15) is 187 Å². The minimum Gasteiger partial charge on any atom is -0.450 e. The van der Waals surface area contributed by atoms with Crippen LogP contribution in [-0.2, 0) is 4.74 Å². The molecule has 4 nitrogen and oxygen atoms in total. The van der Waals surface area contributed by atoms with Crippen LogP contribution >= 0.6 is 0 Å². The van der Waals surface area contributed by atoms with Gasteiger partial charge in [-0.25, -0.2) is 4.79 Å². The number of hydrogen-bond acceptors (Lipinski definition) is 3. The Morgan fingerprint density at radius 3 is 1.24 bits per heavy atom. The molecule has 0 spiro atoms. The fraction of sp³-hybridized carbons (Fsp3) is 0.786. The quantitative estimate of drug-likeness (QED) is 0.0424. The van der Waals surface area contributed by atoms with E-state index in [1.54, 1.807) is 0 Å². The van der Waals surface area contributed by atoms with Gasteiger partial charge in [0.05, 0.1) is 0 Å². The van der Waals surface area contributed by atoms with E-state index in [-0.39, 0.29) is 6.10 Å². The molecule has 0 aliphatic rings. The van der Waals surface area contributed by atoms with E-state index in [9.17, 15) is 4.79 Å². The summed E-state index contributed by atoms with van der Waals surface area (Å²) in [5, 5.41) is 9.15. The summed E-state index contributed by atoms with van der Waals surface area (Å²) in [6.45, 7) is 3.47. The molecule has 0 rings (SSSR count). The Morgan fingerprint density at radius 2 is 0.870 bits per heavy atom. The van der Waals surface area contributed by atoms with Gasteiger partial charge < -0.3 is 14.7 Å². The average Bonchev–Trinajstić information content (AvgIpc) is 3.03. The van der Waals surface area contributed by atoms with Crippen molar-refractivity contribution in [2.75, 3.05) is 20.6 Å². The maximum atomic E-state index is 11.2. The summed E-state index contributed by atoms with van der Waals surface area (Å²) in [5.74, 6) is 0. The number of hydrogen-bond donors (Lipinski definition) is 1. The highest BCUT2D eigenvalue weighted by atomic mass is 16.7. The van der Waals surface area contributed by atoms with Crippen LogP contribution in [0.2, 0.25) is 0 Å².